The number of carbonyl (C=O) groups is 1. The molecule has 0 bridgehead atoms. The molecule has 1 aromatic heterocycles. The Bertz CT molecular complexity index is 557. The fraction of sp³-hybridized carbons (Fsp3) is 0.182. The Hall–Kier alpha value is -2.39. The normalized spacial score (nSPS) is 18.7. The minimum atomic E-state index is -0.873. The number of nitriles is 1. The van der Waals surface area contributed by atoms with Crippen LogP contribution in [0.2, 0.25) is 0 Å². The topological polar surface area (TPSA) is 99.2 Å². The van der Waals surface area contributed by atoms with Crippen LogP contribution in [0.15, 0.2) is 23.3 Å². The van der Waals surface area contributed by atoms with Gasteiger partial charge in [-0.1, -0.05) is 0 Å². The first-order valence-corrected chi connectivity index (χ1v) is 4.87. The van der Waals surface area contributed by atoms with Crippen LogP contribution in [0.4, 0.5) is 0 Å². The Morgan fingerprint density at radius 2 is 2.35 bits per heavy atom. The second kappa shape index (κ2) is 4.63. The predicted octanol–water partition coefficient (Wildman–Crippen LogP) is 0.103. The third-order valence-corrected chi connectivity index (χ3v) is 2.22. The summed E-state index contributed by atoms with van der Waals surface area (Å²) in [5, 5.41) is 17.7. The molecule has 1 atom stereocenters. The third-order valence-electron chi connectivity index (χ3n) is 2.22. The van der Waals surface area contributed by atoms with E-state index in [1.165, 1.54) is 18.5 Å². The van der Waals surface area contributed by atoms with E-state index in [1.54, 1.807) is 6.07 Å². The highest BCUT2D eigenvalue weighted by atomic mass is 16.3. The van der Waals surface area contributed by atoms with Gasteiger partial charge in [0.15, 0.2) is 5.82 Å². The second-order valence-corrected chi connectivity index (χ2v) is 3.34. The summed E-state index contributed by atoms with van der Waals surface area (Å²) in [7, 11) is 0. The first kappa shape index (κ1) is 11.1. The molecule has 84 valence electrons. The number of aromatic nitrogens is 2. The van der Waals surface area contributed by atoms with E-state index in [1.807, 2.05) is 6.07 Å². The number of rotatable bonds is 2. The Morgan fingerprint density at radius 3 is 3.06 bits per heavy atom. The molecule has 0 saturated heterocycles. The third kappa shape index (κ3) is 2.24. The van der Waals surface area contributed by atoms with Crippen molar-refractivity contribution in [2.45, 2.75) is 6.61 Å². The quantitative estimate of drug-likeness (QED) is 0.774. The minimum absolute atomic E-state index is 0.265. The smallest absolute Gasteiger partial charge is 0.266 e. The number of hydrogen-bond acceptors (Lipinski definition) is 5. The molecule has 0 aliphatic carbocycles. The van der Waals surface area contributed by atoms with Crippen molar-refractivity contribution in [3.8, 4) is 6.07 Å². The van der Waals surface area contributed by atoms with Crippen molar-refractivity contribution in [2.24, 2.45) is 10.9 Å². The first-order valence-electron chi connectivity index (χ1n) is 4.87. The molecule has 6 heteroatoms. The molecule has 0 fully saturated rings. The Morgan fingerprint density at radius 1 is 1.53 bits per heavy atom. The standard InChI is InChI=1S/C11H8N4O2/c12-4-7-3-8(5-14-11(7)17)9-1-2-13-10(6-16)15-9/h1-3,5,7,16H,6H2. The number of hydrogen-bond donors (Lipinski definition) is 1. The summed E-state index contributed by atoms with van der Waals surface area (Å²) >= 11 is 0. The van der Waals surface area contributed by atoms with Crippen molar-refractivity contribution in [1.82, 2.24) is 9.97 Å². The average Bonchev–Trinajstić information content (AvgIpc) is 2.39. The van der Waals surface area contributed by atoms with Gasteiger partial charge in [-0.25, -0.2) is 15.0 Å². The highest BCUT2D eigenvalue weighted by molar-refractivity contribution is 6.16. The summed E-state index contributed by atoms with van der Waals surface area (Å²) < 4.78 is 0. The Labute approximate surface area is 97.0 Å². The van der Waals surface area contributed by atoms with Gasteiger partial charge in [0, 0.05) is 18.0 Å². The number of aliphatic hydroxyl groups is 1. The largest absolute Gasteiger partial charge is 0.388 e. The van der Waals surface area contributed by atoms with Gasteiger partial charge in [0.1, 0.15) is 12.5 Å². The van der Waals surface area contributed by atoms with E-state index in [2.05, 4.69) is 15.0 Å². The zero-order valence-corrected chi connectivity index (χ0v) is 8.74. The molecule has 17 heavy (non-hydrogen) atoms. The maximum absolute atomic E-state index is 11.2. The van der Waals surface area contributed by atoms with Gasteiger partial charge in [-0.15, -0.1) is 0 Å². The van der Waals surface area contributed by atoms with Crippen molar-refractivity contribution >= 4 is 17.7 Å². The van der Waals surface area contributed by atoms with Gasteiger partial charge < -0.3 is 5.11 Å². The molecule has 1 amide bonds. The maximum Gasteiger partial charge on any atom is 0.266 e. The monoisotopic (exact) mass is 228 g/mol. The molecule has 2 rings (SSSR count). The lowest BCUT2D eigenvalue weighted by molar-refractivity contribution is -0.118. The fourth-order valence-corrected chi connectivity index (χ4v) is 1.39. The average molecular weight is 228 g/mol. The number of nitrogens with zero attached hydrogens (tertiary/aromatic N) is 4. The molecule has 1 aliphatic heterocycles. The number of amides is 1. The van der Waals surface area contributed by atoms with Gasteiger partial charge in [-0.2, -0.15) is 5.26 Å². The highest BCUT2D eigenvalue weighted by Gasteiger charge is 2.19. The van der Waals surface area contributed by atoms with E-state index < -0.39 is 11.8 Å². The van der Waals surface area contributed by atoms with Crippen LogP contribution in [-0.4, -0.2) is 27.2 Å². The molecule has 0 saturated carbocycles. The number of aliphatic hydroxyl groups excluding tert-OH is 1. The van der Waals surface area contributed by atoms with Gasteiger partial charge in [-0.3, -0.25) is 4.79 Å². The summed E-state index contributed by atoms with van der Waals surface area (Å²) in [5.74, 6) is -1.07. The van der Waals surface area contributed by atoms with Crippen LogP contribution in [0.25, 0.3) is 5.57 Å². The van der Waals surface area contributed by atoms with Gasteiger partial charge in [0.25, 0.3) is 5.91 Å². The first-order chi connectivity index (χ1) is 8.24. The lowest BCUT2D eigenvalue weighted by atomic mass is 10.0. The fourth-order valence-electron chi connectivity index (χ4n) is 1.39. The summed E-state index contributed by atoms with van der Waals surface area (Å²) in [4.78, 5) is 22.7. The van der Waals surface area contributed by atoms with Crippen LogP contribution >= 0.6 is 0 Å². The Balaban J connectivity index is 2.38. The summed E-state index contributed by atoms with van der Waals surface area (Å²) in [6.07, 6.45) is 4.36. The van der Waals surface area contributed by atoms with Crippen molar-refractivity contribution in [2.75, 3.05) is 0 Å². The number of carbonyl (C=O) groups excluding carboxylic acids is 1. The van der Waals surface area contributed by atoms with Crippen LogP contribution in [0.5, 0.6) is 0 Å². The molecule has 1 unspecified atom stereocenters. The zero-order valence-electron chi connectivity index (χ0n) is 8.74. The molecular formula is C11H8N4O2. The molecule has 1 N–H and O–H groups in total. The van der Waals surface area contributed by atoms with E-state index >= 15 is 0 Å². The summed E-state index contributed by atoms with van der Waals surface area (Å²) in [5.41, 5.74) is 1.11. The lowest BCUT2D eigenvalue weighted by Crippen LogP contribution is -2.13. The maximum atomic E-state index is 11.2. The van der Waals surface area contributed by atoms with E-state index in [0.29, 0.717) is 11.3 Å². The second-order valence-electron chi connectivity index (χ2n) is 3.34. The van der Waals surface area contributed by atoms with Gasteiger partial charge >= 0.3 is 0 Å². The number of aliphatic imine (C=N–C) groups is 1. The van der Waals surface area contributed by atoms with Crippen molar-refractivity contribution < 1.29 is 9.90 Å². The Kier molecular flexibility index (Phi) is 3.03. The summed E-state index contributed by atoms with van der Waals surface area (Å²) in [6.45, 7) is -0.265. The predicted molar refractivity (Wildman–Crippen MR) is 58.5 cm³/mol. The molecule has 1 aromatic rings. The SMILES string of the molecule is N#CC1C=C(c2ccnc(CO)n2)C=NC1=O. The van der Waals surface area contributed by atoms with Crippen LogP contribution in [0.1, 0.15) is 11.5 Å². The molecule has 6 nitrogen and oxygen atoms in total. The minimum Gasteiger partial charge on any atom is -0.388 e. The van der Waals surface area contributed by atoms with Gasteiger partial charge in [0.05, 0.1) is 11.8 Å². The molecule has 0 radical (unpaired) electrons. The number of dihydropyridines is 1. The zero-order chi connectivity index (χ0) is 12.3. The summed E-state index contributed by atoms with van der Waals surface area (Å²) in [6, 6.07) is 3.48. The van der Waals surface area contributed by atoms with Crippen LogP contribution < -0.4 is 0 Å². The van der Waals surface area contributed by atoms with Crippen LogP contribution in [0, 0.1) is 17.2 Å². The molecule has 2 heterocycles. The van der Waals surface area contributed by atoms with Crippen molar-refractivity contribution in [1.29, 1.82) is 5.26 Å². The lowest BCUT2D eigenvalue weighted by Gasteiger charge is -2.08. The number of allylic oxidation sites excluding steroid dienone is 1. The highest BCUT2D eigenvalue weighted by Crippen LogP contribution is 2.17. The van der Waals surface area contributed by atoms with E-state index in [0.717, 1.165) is 0 Å². The van der Waals surface area contributed by atoms with Crippen LogP contribution in [0.3, 0.4) is 0 Å². The van der Waals surface area contributed by atoms with Crippen LogP contribution in [-0.2, 0) is 11.4 Å². The van der Waals surface area contributed by atoms with Gasteiger partial charge in [0.2, 0.25) is 0 Å². The van der Waals surface area contributed by atoms with E-state index in [9.17, 15) is 4.79 Å². The van der Waals surface area contributed by atoms with Gasteiger partial charge in [-0.05, 0) is 12.1 Å². The van der Waals surface area contributed by atoms with Crippen molar-refractivity contribution in [3.63, 3.8) is 0 Å². The van der Waals surface area contributed by atoms with E-state index in [-0.39, 0.29) is 12.4 Å². The molecular weight excluding hydrogens is 220 g/mol. The molecule has 0 aromatic carbocycles. The molecule has 1 aliphatic rings. The van der Waals surface area contributed by atoms with Crippen molar-refractivity contribution in [3.05, 3.63) is 29.9 Å². The van der Waals surface area contributed by atoms with E-state index in [4.69, 9.17) is 10.4 Å². The molecule has 0 spiro atoms.